The molecule has 1 N–H and O–H groups in total. The number of methoxy groups -OCH3 is 2. The number of aromatic nitrogens is 1. The molecule has 3 rings (SSSR count). The van der Waals surface area contributed by atoms with E-state index in [0.717, 1.165) is 35.8 Å². The molecule has 1 aromatic carbocycles. The van der Waals surface area contributed by atoms with Crippen molar-refractivity contribution in [1.82, 2.24) is 9.88 Å². The molecule has 2 heterocycles. The second kappa shape index (κ2) is 6.54. The third kappa shape index (κ3) is 3.03. The monoisotopic (exact) mass is 320 g/mol. The number of nitrogens with zero attached hydrogens (tertiary/aromatic N) is 1. The fraction of sp³-hybridized carbons (Fsp3) is 0.438. The van der Waals surface area contributed by atoms with Gasteiger partial charge in [0.2, 0.25) is 0 Å². The molecule has 0 saturated carbocycles. The summed E-state index contributed by atoms with van der Waals surface area (Å²) in [5, 5.41) is 0. The smallest absolute Gasteiger partial charge is 0.305 e. The highest BCUT2D eigenvalue weighted by molar-refractivity contribution is 7.09. The highest BCUT2D eigenvalue weighted by atomic mass is 32.1. The molecule has 0 unspecified atom stereocenters. The first kappa shape index (κ1) is 15.1. The number of hydrogen-bond donors (Lipinski definition) is 1. The van der Waals surface area contributed by atoms with Gasteiger partial charge in [0.05, 0.1) is 19.9 Å². The Morgan fingerprint density at radius 2 is 1.91 bits per heavy atom. The maximum atomic E-state index is 11.8. The average molecular weight is 320 g/mol. The molecule has 5 nitrogen and oxygen atoms in total. The number of hydrogen-bond acceptors (Lipinski definition) is 5. The van der Waals surface area contributed by atoms with Crippen molar-refractivity contribution in [2.24, 2.45) is 0 Å². The number of ether oxygens (including phenoxy) is 2. The zero-order valence-electron chi connectivity index (χ0n) is 12.8. The Hall–Kier alpha value is -1.79. The number of H-pyrrole nitrogens is 1. The maximum Gasteiger partial charge on any atom is 0.305 e. The van der Waals surface area contributed by atoms with Crippen LogP contribution < -0.4 is 14.3 Å². The van der Waals surface area contributed by atoms with Gasteiger partial charge < -0.3 is 14.5 Å². The van der Waals surface area contributed by atoms with E-state index in [4.69, 9.17) is 9.47 Å². The van der Waals surface area contributed by atoms with E-state index in [9.17, 15) is 4.79 Å². The third-order valence-electron chi connectivity index (χ3n) is 3.96. The van der Waals surface area contributed by atoms with Gasteiger partial charge in [-0.15, -0.1) is 0 Å². The van der Waals surface area contributed by atoms with E-state index in [0.29, 0.717) is 11.5 Å². The van der Waals surface area contributed by atoms with Crippen molar-refractivity contribution in [2.45, 2.75) is 19.4 Å². The zero-order valence-corrected chi connectivity index (χ0v) is 13.7. The molecule has 1 aliphatic heterocycles. The van der Waals surface area contributed by atoms with Crippen molar-refractivity contribution < 1.29 is 9.47 Å². The van der Waals surface area contributed by atoms with Gasteiger partial charge in [-0.25, -0.2) is 0 Å². The predicted octanol–water partition coefficient (Wildman–Crippen LogP) is 2.72. The van der Waals surface area contributed by atoms with Crippen LogP contribution in [0.2, 0.25) is 0 Å². The van der Waals surface area contributed by atoms with E-state index < -0.39 is 0 Å². The average Bonchev–Trinajstić information content (AvgIpc) is 3.16. The topological polar surface area (TPSA) is 54.6 Å². The molecule has 0 radical (unpaired) electrons. The van der Waals surface area contributed by atoms with Gasteiger partial charge in [-0.3, -0.25) is 9.69 Å². The Balaban J connectivity index is 1.95. The van der Waals surface area contributed by atoms with Gasteiger partial charge in [0, 0.05) is 17.0 Å². The van der Waals surface area contributed by atoms with Crippen molar-refractivity contribution in [1.29, 1.82) is 0 Å². The molecule has 2 aromatic rings. The van der Waals surface area contributed by atoms with E-state index in [1.807, 2.05) is 18.2 Å². The second-order valence-electron chi connectivity index (χ2n) is 5.37. The highest BCUT2D eigenvalue weighted by Crippen LogP contribution is 2.33. The summed E-state index contributed by atoms with van der Waals surface area (Å²) in [4.78, 5) is 18.2. The Labute approximate surface area is 133 Å². The van der Waals surface area contributed by atoms with E-state index in [1.165, 1.54) is 24.2 Å². The Morgan fingerprint density at radius 3 is 2.59 bits per heavy atom. The lowest BCUT2D eigenvalue weighted by Gasteiger charge is -2.14. The predicted molar refractivity (Wildman–Crippen MR) is 88.0 cm³/mol. The van der Waals surface area contributed by atoms with Gasteiger partial charge in [-0.2, -0.15) is 0 Å². The summed E-state index contributed by atoms with van der Waals surface area (Å²) in [6, 6.07) is 5.72. The summed E-state index contributed by atoms with van der Waals surface area (Å²) in [6.45, 7) is 3.04. The van der Waals surface area contributed by atoms with Crippen LogP contribution >= 0.6 is 11.3 Å². The van der Waals surface area contributed by atoms with Gasteiger partial charge in [0.15, 0.2) is 11.5 Å². The zero-order chi connectivity index (χ0) is 15.5. The Bertz CT molecular complexity index is 702. The lowest BCUT2D eigenvalue weighted by atomic mass is 10.1. The molecular weight excluding hydrogens is 300 g/mol. The van der Waals surface area contributed by atoms with E-state index in [2.05, 4.69) is 9.88 Å². The number of aromatic amines is 1. The summed E-state index contributed by atoms with van der Waals surface area (Å²) >= 11 is 1.29. The molecule has 0 aliphatic carbocycles. The quantitative estimate of drug-likeness (QED) is 0.920. The fourth-order valence-corrected chi connectivity index (χ4v) is 3.74. The van der Waals surface area contributed by atoms with Crippen LogP contribution in [0.4, 0.5) is 0 Å². The minimum absolute atomic E-state index is 0.0148. The van der Waals surface area contributed by atoms with Crippen LogP contribution in [-0.4, -0.2) is 37.2 Å². The molecule has 22 heavy (non-hydrogen) atoms. The van der Waals surface area contributed by atoms with E-state index in [1.54, 1.807) is 14.2 Å². The van der Waals surface area contributed by atoms with Gasteiger partial charge in [-0.1, -0.05) is 11.3 Å². The van der Waals surface area contributed by atoms with Crippen LogP contribution in [0.1, 0.15) is 17.7 Å². The van der Waals surface area contributed by atoms with Gasteiger partial charge in [0.25, 0.3) is 0 Å². The third-order valence-corrected chi connectivity index (χ3v) is 4.83. The molecule has 0 spiro atoms. The number of thiazole rings is 1. The molecule has 0 atom stereocenters. The summed E-state index contributed by atoms with van der Waals surface area (Å²) in [5.41, 5.74) is 1.84. The SMILES string of the molecule is COc1ccc(-c2[nH]c(=O)sc2CN2CCCC2)cc1OC. The summed E-state index contributed by atoms with van der Waals surface area (Å²) in [7, 11) is 3.23. The number of likely N-dealkylation sites (tertiary alicyclic amines) is 1. The fourth-order valence-electron chi connectivity index (χ4n) is 2.84. The van der Waals surface area contributed by atoms with Gasteiger partial charge in [-0.05, 0) is 44.1 Å². The molecule has 1 aliphatic rings. The summed E-state index contributed by atoms with van der Waals surface area (Å²) in [6.07, 6.45) is 2.48. The van der Waals surface area contributed by atoms with Gasteiger partial charge >= 0.3 is 4.87 Å². The first-order valence-corrected chi connectivity index (χ1v) is 8.19. The Morgan fingerprint density at radius 1 is 1.18 bits per heavy atom. The molecular formula is C16H20N2O3S. The van der Waals surface area contributed by atoms with E-state index in [-0.39, 0.29) is 4.87 Å². The Kier molecular flexibility index (Phi) is 4.49. The molecule has 0 amide bonds. The standard InChI is InChI=1S/C16H20N2O3S/c1-20-12-6-5-11(9-13(12)21-2)15-14(22-16(19)17-15)10-18-7-3-4-8-18/h5-6,9H,3-4,7-8,10H2,1-2H3,(H,17,19). The summed E-state index contributed by atoms with van der Waals surface area (Å²) in [5.74, 6) is 1.35. The molecule has 118 valence electrons. The van der Waals surface area contributed by atoms with Crippen molar-refractivity contribution in [3.8, 4) is 22.8 Å². The number of nitrogens with one attached hydrogen (secondary N) is 1. The first-order chi connectivity index (χ1) is 10.7. The minimum Gasteiger partial charge on any atom is -0.493 e. The van der Waals surface area contributed by atoms with Crippen molar-refractivity contribution in [2.75, 3.05) is 27.3 Å². The van der Waals surface area contributed by atoms with Crippen LogP contribution in [0.3, 0.4) is 0 Å². The first-order valence-electron chi connectivity index (χ1n) is 7.38. The largest absolute Gasteiger partial charge is 0.493 e. The lowest BCUT2D eigenvalue weighted by molar-refractivity contribution is 0.334. The number of benzene rings is 1. The molecule has 1 fully saturated rings. The molecule has 1 saturated heterocycles. The van der Waals surface area contributed by atoms with Crippen LogP contribution in [-0.2, 0) is 6.54 Å². The van der Waals surface area contributed by atoms with Gasteiger partial charge in [0.1, 0.15) is 0 Å². The van der Waals surface area contributed by atoms with E-state index >= 15 is 0 Å². The van der Waals surface area contributed by atoms with Crippen molar-refractivity contribution >= 4 is 11.3 Å². The molecule has 1 aromatic heterocycles. The molecule has 6 heteroatoms. The van der Waals surface area contributed by atoms with Crippen molar-refractivity contribution in [3.63, 3.8) is 0 Å². The van der Waals surface area contributed by atoms with Crippen LogP contribution in [0, 0.1) is 0 Å². The maximum absolute atomic E-state index is 11.8. The van der Waals surface area contributed by atoms with Crippen LogP contribution in [0.15, 0.2) is 23.0 Å². The second-order valence-corrected chi connectivity index (χ2v) is 6.43. The summed E-state index contributed by atoms with van der Waals surface area (Å²) < 4.78 is 10.6. The minimum atomic E-state index is -0.0148. The van der Waals surface area contributed by atoms with Crippen molar-refractivity contribution in [3.05, 3.63) is 32.7 Å². The molecule has 0 bridgehead atoms. The lowest BCUT2D eigenvalue weighted by Crippen LogP contribution is -2.18. The highest BCUT2D eigenvalue weighted by Gasteiger charge is 2.18. The normalized spacial score (nSPS) is 15.2. The van der Waals surface area contributed by atoms with Crippen LogP contribution in [0.5, 0.6) is 11.5 Å². The number of rotatable bonds is 5. The van der Waals surface area contributed by atoms with Crippen LogP contribution in [0.25, 0.3) is 11.3 Å².